The SMILES string of the molecule is NC(=NCC(=O)N1CCN(c2ccccc2)CC1)N1CCCCC1. The summed E-state index contributed by atoms with van der Waals surface area (Å²) in [6, 6.07) is 10.3. The van der Waals surface area contributed by atoms with Crippen LogP contribution in [-0.4, -0.2) is 67.5 Å². The van der Waals surface area contributed by atoms with Gasteiger partial charge < -0.3 is 20.4 Å². The number of para-hydroxylation sites is 1. The molecule has 130 valence electrons. The average molecular weight is 329 g/mol. The highest BCUT2D eigenvalue weighted by atomic mass is 16.2. The van der Waals surface area contributed by atoms with E-state index in [9.17, 15) is 4.79 Å². The monoisotopic (exact) mass is 329 g/mol. The molecule has 2 saturated heterocycles. The molecule has 2 fully saturated rings. The minimum atomic E-state index is 0.0719. The number of carbonyl (C=O) groups is 1. The van der Waals surface area contributed by atoms with E-state index in [1.807, 2.05) is 23.1 Å². The van der Waals surface area contributed by atoms with Crippen molar-refractivity contribution in [2.45, 2.75) is 19.3 Å². The molecule has 2 aliphatic rings. The highest BCUT2D eigenvalue weighted by molar-refractivity contribution is 5.84. The number of rotatable bonds is 3. The van der Waals surface area contributed by atoms with E-state index in [0.717, 1.165) is 52.1 Å². The number of likely N-dealkylation sites (tertiary alicyclic amines) is 1. The van der Waals surface area contributed by atoms with Crippen molar-refractivity contribution in [3.63, 3.8) is 0 Å². The van der Waals surface area contributed by atoms with E-state index >= 15 is 0 Å². The third-order valence-corrected chi connectivity index (χ3v) is 4.81. The molecule has 0 saturated carbocycles. The van der Waals surface area contributed by atoms with Crippen LogP contribution in [0.5, 0.6) is 0 Å². The van der Waals surface area contributed by atoms with Crippen LogP contribution >= 0.6 is 0 Å². The molecular weight excluding hydrogens is 302 g/mol. The molecular formula is C18H27N5O. The van der Waals surface area contributed by atoms with E-state index in [0.29, 0.717) is 5.96 Å². The predicted octanol–water partition coefficient (Wildman–Crippen LogP) is 1.14. The first-order chi connectivity index (χ1) is 11.7. The lowest BCUT2D eigenvalue weighted by Crippen LogP contribution is -2.49. The van der Waals surface area contributed by atoms with E-state index in [2.05, 4.69) is 26.9 Å². The van der Waals surface area contributed by atoms with Gasteiger partial charge in [-0.15, -0.1) is 0 Å². The number of aliphatic imine (C=N–C) groups is 1. The third-order valence-electron chi connectivity index (χ3n) is 4.81. The van der Waals surface area contributed by atoms with Crippen molar-refractivity contribution in [1.29, 1.82) is 0 Å². The number of piperazine rings is 1. The van der Waals surface area contributed by atoms with E-state index < -0.39 is 0 Å². The minimum Gasteiger partial charge on any atom is -0.370 e. The summed E-state index contributed by atoms with van der Waals surface area (Å²) in [5, 5.41) is 0. The van der Waals surface area contributed by atoms with Gasteiger partial charge in [-0.2, -0.15) is 0 Å². The Morgan fingerprint density at radius 1 is 0.917 bits per heavy atom. The van der Waals surface area contributed by atoms with Crippen LogP contribution < -0.4 is 10.6 Å². The summed E-state index contributed by atoms with van der Waals surface area (Å²) in [4.78, 5) is 23.0. The topological polar surface area (TPSA) is 65.2 Å². The molecule has 0 bridgehead atoms. The summed E-state index contributed by atoms with van der Waals surface area (Å²) in [5.41, 5.74) is 7.24. The Hall–Kier alpha value is -2.24. The first-order valence-electron chi connectivity index (χ1n) is 8.87. The lowest BCUT2D eigenvalue weighted by molar-refractivity contribution is -0.129. The van der Waals surface area contributed by atoms with Crippen molar-refractivity contribution in [1.82, 2.24) is 9.80 Å². The highest BCUT2D eigenvalue weighted by Gasteiger charge is 2.21. The summed E-state index contributed by atoms with van der Waals surface area (Å²) >= 11 is 0. The van der Waals surface area contributed by atoms with Gasteiger partial charge in [0.2, 0.25) is 5.91 Å². The summed E-state index contributed by atoms with van der Waals surface area (Å²) in [6.45, 7) is 5.29. The molecule has 1 aromatic rings. The van der Waals surface area contributed by atoms with Crippen molar-refractivity contribution < 1.29 is 4.79 Å². The van der Waals surface area contributed by atoms with Gasteiger partial charge in [-0.1, -0.05) is 18.2 Å². The van der Waals surface area contributed by atoms with Crippen molar-refractivity contribution >= 4 is 17.6 Å². The first-order valence-corrected chi connectivity index (χ1v) is 8.87. The van der Waals surface area contributed by atoms with Gasteiger partial charge in [-0.05, 0) is 31.4 Å². The number of piperidine rings is 1. The summed E-state index contributed by atoms with van der Waals surface area (Å²) in [5.74, 6) is 0.591. The quantitative estimate of drug-likeness (QED) is 0.667. The lowest BCUT2D eigenvalue weighted by atomic mass is 10.1. The van der Waals surface area contributed by atoms with Gasteiger partial charge >= 0.3 is 0 Å². The number of carbonyl (C=O) groups excluding carboxylic acids is 1. The second kappa shape index (κ2) is 8.04. The number of guanidine groups is 1. The molecule has 0 spiro atoms. The lowest BCUT2D eigenvalue weighted by Gasteiger charge is -2.36. The summed E-state index contributed by atoms with van der Waals surface area (Å²) in [7, 11) is 0. The number of nitrogens with two attached hydrogens (primary N) is 1. The molecule has 6 heteroatoms. The average Bonchev–Trinajstić information content (AvgIpc) is 2.67. The van der Waals surface area contributed by atoms with Crippen LogP contribution in [0.2, 0.25) is 0 Å². The van der Waals surface area contributed by atoms with Gasteiger partial charge in [0.25, 0.3) is 0 Å². The van der Waals surface area contributed by atoms with Crippen LogP contribution in [0.25, 0.3) is 0 Å². The molecule has 2 aliphatic heterocycles. The Bertz CT molecular complexity index is 560. The second-order valence-electron chi connectivity index (χ2n) is 6.43. The van der Waals surface area contributed by atoms with Gasteiger partial charge in [0.05, 0.1) is 0 Å². The maximum absolute atomic E-state index is 12.4. The fourth-order valence-electron chi connectivity index (χ4n) is 3.32. The number of benzene rings is 1. The first kappa shape index (κ1) is 16.6. The van der Waals surface area contributed by atoms with Gasteiger partial charge in [-0.25, -0.2) is 4.99 Å². The number of amides is 1. The second-order valence-corrected chi connectivity index (χ2v) is 6.43. The number of anilines is 1. The Balaban J connectivity index is 1.46. The maximum Gasteiger partial charge on any atom is 0.244 e. The Kier molecular flexibility index (Phi) is 5.56. The maximum atomic E-state index is 12.4. The smallest absolute Gasteiger partial charge is 0.244 e. The van der Waals surface area contributed by atoms with Gasteiger partial charge in [-0.3, -0.25) is 4.79 Å². The van der Waals surface area contributed by atoms with Crippen molar-refractivity contribution in [3.05, 3.63) is 30.3 Å². The molecule has 0 aliphatic carbocycles. The van der Waals surface area contributed by atoms with Crippen LogP contribution in [0.3, 0.4) is 0 Å². The van der Waals surface area contributed by atoms with Crippen molar-refractivity contribution in [2.24, 2.45) is 10.7 Å². The molecule has 24 heavy (non-hydrogen) atoms. The molecule has 0 atom stereocenters. The predicted molar refractivity (Wildman–Crippen MR) is 97.1 cm³/mol. The molecule has 2 heterocycles. The Morgan fingerprint density at radius 3 is 2.25 bits per heavy atom. The molecule has 1 aromatic carbocycles. The van der Waals surface area contributed by atoms with Crippen LogP contribution in [0, 0.1) is 0 Å². The normalized spacial score (nSPS) is 19.5. The standard InChI is InChI=1S/C18H27N5O/c19-18(23-9-5-2-6-10-23)20-15-17(24)22-13-11-21(12-14-22)16-7-3-1-4-8-16/h1,3-4,7-8H,2,5-6,9-15H2,(H2,19,20). The van der Waals surface area contributed by atoms with Gasteiger partial charge in [0, 0.05) is 45.0 Å². The zero-order chi connectivity index (χ0) is 16.8. The van der Waals surface area contributed by atoms with Crippen molar-refractivity contribution in [2.75, 3.05) is 50.7 Å². The summed E-state index contributed by atoms with van der Waals surface area (Å²) in [6.07, 6.45) is 3.58. The molecule has 0 unspecified atom stereocenters. The van der Waals surface area contributed by atoms with Crippen LogP contribution in [0.1, 0.15) is 19.3 Å². The number of nitrogens with zero attached hydrogens (tertiary/aromatic N) is 4. The minimum absolute atomic E-state index is 0.0719. The van der Waals surface area contributed by atoms with Crippen LogP contribution in [-0.2, 0) is 4.79 Å². The third kappa shape index (κ3) is 4.19. The van der Waals surface area contributed by atoms with E-state index in [-0.39, 0.29) is 12.5 Å². The number of hydrogen-bond donors (Lipinski definition) is 1. The van der Waals surface area contributed by atoms with E-state index in [1.54, 1.807) is 0 Å². The molecule has 2 N–H and O–H groups in total. The Labute approximate surface area is 143 Å². The number of hydrogen-bond acceptors (Lipinski definition) is 3. The van der Waals surface area contributed by atoms with E-state index in [4.69, 9.17) is 5.73 Å². The largest absolute Gasteiger partial charge is 0.370 e. The zero-order valence-electron chi connectivity index (χ0n) is 14.2. The molecule has 0 aromatic heterocycles. The van der Waals surface area contributed by atoms with Crippen LogP contribution in [0.15, 0.2) is 35.3 Å². The van der Waals surface area contributed by atoms with Gasteiger partial charge in [0.1, 0.15) is 6.54 Å². The Morgan fingerprint density at radius 2 is 1.58 bits per heavy atom. The fraction of sp³-hybridized carbons (Fsp3) is 0.556. The molecule has 3 rings (SSSR count). The molecule has 6 nitrogen and oxygen atoms in total. The van der Waals surface area contributed by atoms with Gasteiger partial charge in [0.15, 0.2) is 5.96 Å². The fourth-order valence-corrected chi connectivity index (χ4v) is 3.32. The molecule has 1 amide bonds. The van der Waals surface area contributed by atoms with Crippen LogP contribution in [0.4, 0.5) is 5.69 Å². The molecule has 0 radical (unpaired) electrons. The zero-order valence-corrected chi connectivity index (χ0v) is 14.2. The van der Waals surface area contributed by atoms with Crippen molar-refractivity contribution in [3.8, 4) is 0 Å². The summed E-state index contributed by atoms with van der Waals surface area (Å²) < 4.78 is 0. The highest BCUT2D eigenvalue weighted by Crippen LogP contribution is 2.15. The van der Waals surface area contributed by atoms with E-state index in [1.165, 1.54) is 12.1 Å².